The fourth-order valence-electron chi connectivity index (χ4n) is 1.89. The molecule has 3 nitrogen and oxygen atoms in total. The Morgan fingerprint density at radius 1 is 1.38 bits per heavy atom. The molecule has 0 bridgehead atoms. The second kappa shape index (κ2) is 4.62. The van der Waals surface area contributed by atoms with Gasteiger partial charge in [0.25, 0.3) is 0 Å². The highest BCUT2D eigenvalue weighted by atomic mass is 35.5. The zero-order chi connectivity index (χ0) is 11.6. The number of halogens is 1. The SMILES string of the molecule is Oc1ccc(Cl)cc1CNCC1(O)CCC1. The van der Waals surface area contributed by atoms with Crippen molar-refractivity contribution in [1.82, 2.24) is 5.32 Å². The third-order valence-electron chi connectivity index (χ3n) is 3.10. The molecule has 0 spiro atoms. The van der Waals surface area contributed by atoms with Gasteiger partial charge >= 0.3 is 0 Å². The first kappa shape index (κ1) is 11.7. The molecule has 0 aromatic heterocycles. The Labute approximate surface area is 100 Å². The van der Waals surface area contributed by atoms with Gasteiger partial charge in [-0.1, -0.05) is 11.6 Å². The second-order valence-corrected chi connectivity index (χ2v) is 4.89. The van der Waals surface area contributed by atoms with Crippen LogP contribution >= 0.6 is 11.6 Å². The first-order valence-corrected chi connectivity index (χ1v) is 5.87. The normalized spacial score (nSPS) is 18.1. The molecule has 0 radical (unpaired) electrons. The number of phenolic OH excluding ortho intramolecular Hbond substituents is 1. The summed E-state index contributed by atoms with van der Waals surface area (Å²) in [6, 6.07) is 4.96. The quantitative estimate of drug-likeness (QED) is 0.756. The zero-order valence-corrected chi connectivity index (χ0v) is 9.80. The van der Waals surface area contributed by atoms with Crippen LogP contribution in [0.4, 0.5) is 0 Å². The van der Waals surface area contributed by atoms with Crippen LogP contribution in [0.5, 0.6) is 5.75 Å². The van der Waals surface area contributed by atoms with E-state index in [4.69, 9.17) is 11.6 Å². The van der Waals surface area contributed by atoms with Crippen molar-refractivity contribution in [2.75, 3.05) is 6.54 Å². The van der Waals surface area contributed by atoms with Crippen molar-refractivity contribution in [2.45, 2.75) is 31.4 Å². The minimum absolute atomic E-state index is 0.234. The average molecular weight is 242 g/mol. The Bertz CT molecular complexity index is 377. The number of nitrogens with one attached hydrogen (secondary N) is 1. The van der Waals surface area contributed by atoms with Crippen LogP contribution in [0.2, 0.25) is 5.02 Å². The fraction of sp³-hybridized carbons (Fsp3) is 0.500. The maximum absolute atomic E-state index is 9.86. The number of phenols is 1. The van der Waals surface area contributed by atoms with Crippen LogP contribution in [0.3, 0.4) is 0 Å². The summed E-state index contributed by atoms with van der Waals surface area (Å²) >= 11 is 5.84. The molecule has 4 heteroatoms. The molecule has 0 heterocycles. The van der Waals surface area contributed by atoms with Gasteiger partial charge in [-0.15, -0.1) is 0 Å². The summed E-state index contributed by atoms with van der Waals surface area (Å²) in [6.07, 6.45) is 2.82. The van der Waals surface area contributed by atoms with E-state index in [0.717, 1.165) is 24.8 Å². The topological polar surface area (TPSA) is 52.5 Å². The van der Waals surface area contributed by atoms with Crippen LogP contribution in [0.15, 0.2) is 18.2 Å². The molecule has 3 N–H and O–H groups in total. The third kappa shape index (κ3) is 2.67. The van der Waals surface area contributed by atoms with Crippen LogP contribution < -0.4 is 5.32 Å². The molecule has 1 saturated carbocycles. The smallest absolute Gasteiger partial charge is 0.120 e. The van der Waals surface area contributed by atoms with Gasteiger partial charge in [-0.2, -0.15) is 0 Å². The number of aliphatic hydroxyl groups is 1. The van der Waals surface area contributed by atoms with Crippen LogP contribution in [0.1, 0.15) is 24.8 Å². The van der Waals surface area contributed by atoms with E-state index in [-0.39, 0.29) is 5.75 Å². The molecule has 1 aromatic rings. The van der Waals surface area contributed by atoms with E-state index in [1.165, 1.54) is 0 Å². The number of benzene rings is 1. The molecule has 0 saturated heterocycles. The van der Waals surface area contributed by atoms with Crippen molar-refractivity contribution < 1.29 is 10.2 Å². The fourth-order valence-corrected chi connectivity index (χ4v) is 2.08. The molecule has 1 aliphatic carbocycles. The van der Waals surface area contributed by atoms with Gasteiger partial charge < -0.3 is 15.5 Å². The molecular weight excluding hydrogens is 226 g/mol. The van der Waals surface area contributed by atoms with E-state index in [9.17, 15) is 10.2 Å². The lowest BCUT2D eigenvalue weighted by atomic mass is 9.80. The van der Waals surface area contributed by atoms with Gasteiger partial charge in [0.1, 0.15) is 5.75 Å². The number of aromatic hydroxyl groups is 1. The predicted molar refractivity (Wildman–Crippen MR) is 63.6 cm³/mol. The summed E-state index contributed by atoms with van der Waals surface area (Å²) in [6.45, 7) is 1.09. The Kier molecular flexibility index (Phi) is 3.38. The van der Waals surface area contributed by atoms with Crippen molar-refractivity contribution in [2.24, 2.45) is 0 Å². The summed E-state index contributed by atoms with van der Waals surface area (Å²) in [4.78, 5) is 0. The van der Waals surface area contributed by atoms with Crippen LogP contribution in [-0.2, 0) is 6.54 Å². The largest absolute Gasteiger partial charge is 0.508 e. The zero-order valence-electron chi connectivity index (χ0n) is 9.04. The third-order valence-corrected chi connectivity index (χ3v) is 3.33. The summed E-state index contributed by atoms with van der Waals surface area (Å²) in [7, 11) is 0. The number of hydrogen-bond acceptors (Lipinski definition) is 3. The Balaban J connectivity index is 1.87. The van der Waals surface area contributed by atoms with Gasteiger partial charge in [0.2, 0.25) is 0 Å². The van der Waals surface area contributed by atoms with Crippen LogP contribution in [-0.4, -0.2) is 22.4 Å². The molecular formula is C12H16ClNO2. The highest BCUT2D eigenvalue weighted by Gasteiger charge is 2.33. The van der Waals surface area contributed by atoms with Crippen molar-refractivity contribution in [1.29, 1.82) is 0 Å². The summed E-state index contributed by atoms with van der Waals surface area (Å²) in [5, 5.41) is 23.2. The standard InChI is InChI=1S/C12H16ClNO2/c13-10-2-3-11(15)9(6-10)7-14-8-12(16)4-1-5-12/h2-3,6,14-16H,1,4-5,7-8H2. The van der Waals surface area contributed by atoms with Gasteiger partial charge in [-0.25, -0.2) is 0 Å². The Morgan fingerprint density at radius 2 is 2.12 bits per heavy atom. The predicted octanol–water partition coefficient (Wildman–Crippen LogP) is 2.05. The van der Waals surface area contributed by atoms with E-state index in [2.05, 4.69) is 5.32 Å². The number of rotatable bonds is 4. The lowest BCUT2D eigenvalue weighted by Gasteiger charge is -2.36. The maximum Gasteiger partial charge on any atom is 0.120 e. The van der Waals surface area contributed by atoms with E-state index >= 15 is 0 Å². The van der Waals surface area contributed by atoms with Gasteiger partial charge in [-0.3, -0.25) is 0 Å². The maximum atomic E-state index is 9.86. The van der Waals surface area contributed by atoms with Gasteiger partial charge in [0.15, 0.2) is 0 Å². The van der Waals surface area contributed by atoms with Crippen molar-refractivity contribution in [3.05, 3.63) is 28.8 Å². The monoisotopic (exact) mass is 241 g/mol. The highest BCUT2D eigenvalue weighted by molar-refractivity contribution is 6.30. The first-order valence-electron chi connectivity index (χ1n) is 5.50. The molecule has 0 unspecified atom stereocenters. The molecule has 1 aliphatic rings. The van der Waals surface area contributed by atoms with Gasteiger partial charge in [0, 0.05) is 23.7 Å². The molecule has 1 aromatic carbocycles. The van der Waals surface area contributed by atoms with Crippen molar-refractivity contribution >= 4 is 11.6 Å². The minimum Gasteiger partial charge on any atom is -0.508 e. The first-order chi connectivity index (χ1) is 7.59. The molecule has 0 atom stereocenters. The van der Waals surface area contributed by atoms with Crippen LogP contribution in [0, 0.1) is 0 Å². The van der Waals surface area contributed by atoms with Gasteiger partial charge in [-0.05, 0) is 37.5 Å². The minimum atomic E-state index is -0.534. The molecule has 16 heavy (non-hydrogen) atoms. The molecule has 88 valence electrons. The van der Waals surface area contributed by atoms with Crippen molar-refractivity contribution in [3.8, 4) is 5.75 Å². The Hall–Kier alpha value is -0.770. The summed E-state index contributed by atoms with van der Waals surface area (Å²) in [5.41, 5.74) is 0.226. The lowest BCUT2D eigenvalue weighted by molar-refractivity contribution is -0.0315. The summed E-state index contributed by atoms with van der Waals surface area (Å²) in [5.74, 6) is 0.234. The van der Waals surface area contributed by atoms with Crippen molar-refractivity contribution in [3.63, 3.8) is 0 Å². The Morgan fingerprint density at radius 3 is 2.75 bits per heavy atom. The molecule has 0 amide bonds. The van der Waals surface area contributed by atoms with Gasteiger partial charge in [0.05, 0.1) is 5.60 Å². The van der Waals surface area contributed by atoms with E-state index in [1.54, 1.807) is 18.2 Å². The number of hydrogen-bond donors (Lipinski definition) is 3. The van der Waals surface area contributed by atoms with E-state index < -0.39 is 5.60 Å². The second-order valence-electron chi connectivity index (χ2n) is 4.45. The molecule has 0 aliphatic heterocycles. The summed E-state index contributed by atoms with van der Waals surface area (Å²) < 4.78 is 0. The van der Waals surface area contributed by atoms with E-state index in [1.807, 2.05) is 0 Å². The molecule has 2 rings (SSSR count). The average Bonchev–Trinajstić information content (AvgIpc) is 2.21. The highest BCUT2D eigenvalue weighted by Crippen LogP contribution is 2.30. The molecule has 1 fully saturated rings. The van der Waals surface area contributed by atoms with E-state index in [0.29, 0.717) is 18.1 Å². The van der Waals surface area contributed by atoms with Crippen LogP contribution in [0.25, 0.3) is 0 Å². The lowest BCUT2D eigenvalue weighted by Crippen LogP contribution is -2.45.